The van der Waals surface area contributed by atoms with Crippen LogP contribution in [0.2, 0.25) is 0 Å². The number of aliphatic hydroxyl groups is 1. The molecule has 0 saturated heterocycles. The molecule has 1 N–H and O–H groups in total. The van der Waals surface area contributed by atoms with Crippen molar-refractivity contribution in [3.8, 4) is 5.75 Å². The molecule has 0 amide bonds. The fourth-order valence-corrected chi connectivity index (χ4v) is 1.62. The predicted molar refractivity (Wildman–Crippen MR) is 65.0 cm³/mol. The summed E-state index contributed by atoms with van der Waals surface area (Å²) in [5.41, 5.74) is 1.16. The second kappa shape index (κ2) is 5.55. The molecule has 1 aromatic heterocycles. The summed E-state index contributed by atoms with van der Waals surface area (Å²) >= 11 is 0. The third kappa shape index (κ3) is 3.36. The molecule has 1 atom stereocenters. The van der Waals surface area contributed by atoms with Gasteiger partial charge >= 0.3 is 0 Å². The first-order chi connectivity index (χ1) is 8.25. The smallest absolute Gasteiger partial charge is 0.132 e. The van der Waals surface area contributed by atoms with Crippen molar-refractivity contribution >= 4 is 0 Å². The standard InChI is InChI=1S/C14H16O3/c1-11-4-2-5-12(10-11)16-9-7-13(15)14-6-3-8-17-14/h2-6,8,10,13,15H,7,9H2,1H3. The topological polar surface area (TPSA) is 42.6 Å². The Balaban J connectivity index is 1.80. The number of aliphatic hydroxyl groups excluding tert-OH is 1. The van der Waals surface area contributed by atoms with Gasteiger partial charge in [-0.25, -0.2) is 0 Å². The third-order valence-corrected chi connectivity index (χ3v) is 2.52. The molecule has 90 valence electrons. The van der Waals surface area contributed by atoms with Crippen LogP contribution in [0.5, 0.6) is 5.75 Å². The molecule has 2 aromatic rings. The Morgan fingerprint density at radius 3 is 2.88 bits per heavy atom. The van der Waals surface area contributed by atoms with Crippen molar-refractivity contribution in [3.63, 3.8) is 0 Å². The molecule has 17 heavy (non-hydrogen) atoms. The SMILES string of the molecule is Cc1cccc(OCCC(O)c2ccco2)c1. The van der Waals surface area contributed by atoms with Gasteiger partial charge in [0.1, 0.15) is 17.6 Å². The molecule has 0 aliphatic rings. The van der Waals surface area contributed by atoms with Crippen molar-refractivity contribution in [2.75, 3.05) is 6.61 Å². The molecular formula is C14H16O3. The molecule has 1 unspecified atom stereocenters. The molecule has 3 heteroatoms. The van der Waals surface area contributed by atoms with Crippen molar-refractivity contribution in [1.29, 1.82) is 0 Å². The maximum absolute atomic E-state index is 9.77. The van der Waals surface area contributed by atoms with Crippen molar-refractivity contribution in [2.24, 2.45) is 0 Å². The van der Waals surface area contributed by atoms with Gasteiger partial charge in [0.15, 0.2) is 0 Å². The molecule has 0 bridgehead atoms. The van der Waals surface area contributed by atoms with Gasteiger partial charge in [-0.15, -0.1) is 0 Å². The summed E-state index contributed by atoms with van der Waals surface area (Å²) in [6.45, 7) is 2.48. The van der Waals surface area contributed by atoms with Crippen LogP contribution in [0.3, 0.4) is 0 Å². The lowest BCUT2D eigenvalue weighted by Gasteiger charge is -2.09. The first kappa shape index (κ1) is 11.7. The molecule has 1 heterocycles. The second-order valence-corrected chi connectivity index (χ2v) is 3.98. The zero-order valence-electron chi connectivity index (χ0n) is 9.80. The van der Waals surface area contributed by atoms with Crippen LogP contribution < -0.4 is 4.74 Å². The van der Waals surface area contributed by atoms with E-state index in [1.165, 1.54) is 0 Å². The van der Waals surface area contributed by atoms with Crippen LogP contribution >= 0.6 is 0 Å². The molecule has 0 radical (unpaired) electrons. The first-order valence-corrected chi connectivity index (χ1v) is 5.66. The van der Waals surface area contributed by atoms with Crippen molar-refractivity contribution in [2.45, 2.75) is 19.4 Å². The average Bonchev–Trinajstić information content (AvgIpc) is 2.82. The molecule has 0 fully saturated rings. The normalized spacial score (nSPS) is 12.4. The van der Waals surface area contributed by atoms with E-state index < -0.39 is 6.10 Å². The fraction of sp³-hybridized carbons (Fsp3) is 0.286. The monoisotopic (exact) mass is 232 g/mol. The Hall–Kier alpha value is -1.74. The lowest BCUT2D eigenvalue weighted by atomic mass is 10.2. The minimum absolute atomic E-state index is 0.464. The molecule has 1 aromatic carbocycles. The van der Waals surface area contributed by atoms with Crippen LogP contribution in [0.25, 0.3) is 0 Å². The number of furan rings is 1. The van der Waals surface area contributed by atoms with E-state index in [4.69, 9.17) is 9.15 Å². The molecule has 3 nitrogen and oxygen atoms in total. The van der Waals surface area contributed by atoms with Crippen LogP contribution in [0.1, 0.15) is 23.8 Å². The van der Waals surface area contributed by atoms with E-state index in [-0.39, 0.29) is 0 Å². The Morgan fingerprint density at radius 1 is 1.29 bits per heavy atom. The lowest BCUT2D eigenvalue weighted by Crippen LogP contribution is -2.04. The van der Waals surface area contributed by atoms with Gasteiger partial charge in [-0.1, -0.05) is 12.1 Å². The van der Waals surface area contributed by atoms with Crippen molar-refractivity contribution in [1.82, 2.24) is 0 Å². The van der Waals surface area contributed by atoms with Crippen LogP contribution in [0.15, 0.2) is 47.1 Å². The highest BCUT2D eigenvalue weighted by Gasteiger charge is 2.09. The van der Waals surface area contributed by atoms with Gasteiger partial charge in [0.05, 0.1) is 12.9 Å². The van der Waals surface area contributed by atoms with Gasteiger partial charge < -0.3 is 14.3 Å². The molecular weight excluding hydrogens is 216 g/mol. The number of benzene rings is 1. The highest BCUT2D eigenvalue weighted by atomic mass is 16.5. The fourth-order valence-electron chi connectivity index (χ4n) is 1.62. The van der Waals surface area contributed by atoms with E-state index in [9.17, 15) is 5.11 Å². The summed E-state index contributed by atoms with van der Waals surface area (Å²) in [7, 11) is 0. The minimum Gasteiger partial charge on any atom is -0.493 e. The highest BCUT2D eigenvalue weighted by molar-refractivity contribution is 5.27. The molecule has 0 spiro atoms. The van der Waals surface area contributed by atoms with E-state index in [0.29, 0.717) is 18.8 Å². The lowest BCUT2D eigenvalue weighted by molar-refractivity contribution is 0.118. The van der Waals surface area contributed by atoms with Crippen molar-refractivity contribution in [3.05, 3.63) is 54.0 Å². The summed E-state index contributed by atoms with van der Waals surface area (Å²) in [4.78, 5) is 0. The van der Waals surface area contributed by atoms with Gasteiger partial charge in [-0.2, -0.15) is 0 Å². The van der Waals surface area contributed by atoms with Gasteiger partial charge in [0, 0.05) is 6.42 Å². The quantitative estimate of drug-likeness (QED) is 0.861. The summed E-state index contributed by atoms with van der Waals surface area (Å²) < 4.78 is 10.7. The van der Waals surface area contributed by atoms with E-state index in [0.717, 1.165) is 11.3 Å². The Kier molecular flexibility index (Phi) is 3.83. The van der Waals surface area contributed by atoms with Gasteiger partial charge in [-0.05, 0) is 36.8 Å². The van der Waals surface area contributed by atoms with Crippen LogP contribution in [0.4, 0.5) is 0 Å². The molecule has 0 aliphatic carbocycles. The van der Waals surface area contributed by atoms with Gasteiger partial charge in [0.2, 0.25) is 0 Å². The van der Waals surface area contributed by atoms with E-state index in [1.54, 1.807) is 18.4 Å². The van der Waals surface area contributed by atoms with Crippen LogP contribution in [-0.2, 0) is 0 Å². The second-order valence-electron chi connectivity index (χ2n) is 3.98. The van der Waals surface area contributed by atoms with E-state index >= 15 is 0 Å². The van der Waals surface area contributed by atoms with Crippen molar-refractivity contribution < 1.29 is 14.3 Å². The number of hydrogen-bond donors (Lipinski definition) is 1. The highest BCUT2D eigenvalue weighted by Crippen LogP contribution is 2.18. The van der Waals surface area contributed by atoms with Gasteiger partial charge in [-0.3, -0.25) is 0 Å². The van der Waals surface area contributed by atoms with E-state index in [1.807, 2.05) is 31.2 Å². The maximum Gasteiger partial charge on any atom is 0.132 e. The van der Waals surface area contributed by atoms with Crippen LogP contribution in [0, 0.1) is 6.92 Å². The summed E-state index contributed by atoms with van der Waals surface area (Å²) in [6.07, 6.45) is 1.47. The Labute approximate surface area is 101 Å². The summed E-state index contributed by atoms with van der Waals surface area (Å²) in [5.74, 6) is 1.41. The molecule has 0 aliphatic heterocycles. The molecule has 0 saturated carbocycles. The molecule has 2 rings (SSSR count). The maximum atomic E-state index is 9.77. The van der Waals surface area contributed by atoms with Gasteiger partial charge in [0.25, 0.3) is 0 Å². The zero-order chi connectivity index (χ0) is 12.1. The minimum atomic E-state index is -0.602. The summed E-state index contributed by atoms with van der Waals surface area (Å²) in [6, 6.07) is 11.4. The predicted octanol–water partition coefficient (Wildman–Crippen LogP) is 3.09. The third-order valence-electron chi connectivity index (χ3n) is 2.52. The average molecular weight is 232 g/mol. The number of hydrogen-bond acceptors (Lipinski definition) is 3. The van der Waals surface area contributed by atoms with E-state index in [2.05, 4.69) is 0 Å². The zero-order valence-corrected chi connectivity index (χ0v) is 9.80. The Bertz CT molecular complexity index is 448. The number of ether oxygens (including phenoxy) is 1. The Morgan fingerprint density at radius 2 is 2.18 bits per heavy atom. The summed E-state index contributed by atoms with van der Waals surface area (Å²) in [5, 5.41) is 9.77. The number of rotatable bonds is 5. The van der Waals surface area contributed by atoms with Crippen LogP contribution in [-0.4, -0.2) is 11.7 Å². The first-order valence-electron chi connectivity index (χ1n) is 5.66. The largest absolute Gasteiger partial charge is 0.493 e. The number of aryl methyl sites for hydroxylation is 1.